The average molecular weight is 260 g/mol. The van der Waals surface area contributed by atoms with Crippen LogP contribution in [0.15, 0.2) is 0 Å². The number of ether oxygens (including phenoxy) is 1. The first-order chi connectivity index (χ1) is 8.25. The monoisotopic (exact) mass is 260 g/mol. The van der Waals surface area contributed by atoms with Gasteiger partial charge in [-0.25, -0.2) is 0 Å². The predicted octanol–water partition coefficient (Wildman–Crippen LogP) is 2.53. The van der Waals surface area contributed by atoms with Crippen LogP contribution in [0.5, 0.6) is 0 Å². The molecular weight excluding hydrogens is 234 g/mol. The first kappa shape index (κ1) is 12.3. The second-order valence-corrected chi connectivity index (χ2v) is 8.19. The van der Waals surface area contributed by atoms with Crippen molar-refractivity contribution in [3.05, 3.63) is 0 Å². The Kier molecular flexibility index (Phi) is 3.67. The number of nitrogens with one attached hydrogen (secondary N) is 1. The van der Waals surface area contributed by atoms with Crippen molar-refractivity contribution >= 4 is 11.4 Å². The van der Waals surface area contributed by atoms with Crippen molar-refractivity contribution in [3.8, 4) is 0 Å². The topological polar surface area (TPSA) is 44.3 Å². The zero-order chi connectivity index (χ0) is 13.4. The Morgan fingerprint density at radius 1 is 1.35 bits per heavy atom. The fourth-order valence-corrected chi connectivity index (χ4v) is 3.32. The smallest absolute Gasteiger partial charge is 0.136 e. The lowest BCUT2D eigenvalue weighted by Gasteiger charge is -2.37. The van der Waals surface area contributed by atoms with Crippen molar-refractivity contribution in [3.63, 3.8) is 0 Å². The van der Waals surface area contributed by atoms with Crippen molar-refractivity contribution in [1.82, 2.24) is 4.72 Å². The van der Waals surface area contributed by atoms with Crippen LogP contribution in [0.25, 0.3) is 0 Å². The number of hydrogen-bond acceptors (Lipinski definition) is 3. The first-order valence-electron chi connectivity index (χ1n) is 7.09. The third-order valence-corrected chi connectivity index (χ3v) is 5.33. The van der Waals surface area contributed by atoms with Gasteiger partial charge in [-0.2, -0.15) is 0 Å². The molecule has 0 aromatic rings. The SMILES string of the molecule is [2H]C1(N[S+]([O-])C(C)(C)C)CCC2(CCCO2)CC1. The quantitative estimate of drug-likeness (QED) is 0.776. The molecule has 1 N–H and O–H groups in total. The average Bonchev–Trinajstić information content (AvgIpc) is 2.71. The van der Waals surface area contributed by atoms with E-state index in [1.165, 1.54) is 0 Å². The summed E-state index contributed by atoms with van der Waals surface area (Å²) >= 11 is -1.17. The third kappa shape index (κ3) is 3.37. The highest BCUT2D eigenvalue weighted by atomic mass is 32.2. The minimum Gasteiger partial charge on any atom is -0.598 e. The van der Waals surface area contributed by atoms with E-state index in [1.54, 1.807) is 0 Å². The molecule has 100 valence electrons. The first-order valence-corrected chi connectivity index (χ1v) is 7.74. The summed E-state index contributed by atoms with van der Waals surface area (Å²) in [5, 5.41) is 0. The van der Waals surface area contributed by atoms with Crippen LogP contribution in [0.2, 0.25) is 0 Å². The molecule has 1 aliphatic carbocycles. The largest absolute Gasteiger partial charge is 0.598 e. The molecule has 2 aliphatic rings. The molecule has 1 heterocycles. The highest BCUT2D eigenvalue weighted by Crippen LogP contribution is 2.39. The molecule has 2 fully saturated rings. The number of rotatable bonds is 2. The molecule has 0 amide bonds. The van der Waals surface area contributed by atoms with Crippen molar-refractivity contribution in [2.75, 3.05) is 6.61 Å². The fourth-order valence-electron chi connectivity index (χ4n) is 2.54. The predicted molar refractivity (Wildman–Crippen MR) is 71.2 cm³/mol. The Labute approximate surface area is 109 Å². The standard InChI is InChI=1S/C13H25NO2S/c1-12(2,3)17(15)14-11-5-8-13(9-6-11)7-4-10-16-13/h11,14H,4-10H2,1-3H3/i11D. The van der Waals surface area contributed by atoms with Gasteiger partial charge in [0.15, 0.2) is 0 Å². The fraction of sp³-hybridized carbons (Fsp3) is 1.00. The van der Waals surface area contributed by atoms with Gasteiger partial charge in [0.1, 0.15) is 4.75 Å². The van der Waals surface area contributed by atoms with E-state index in [-0.39, 0.29) is 10.3 Å². The Morgan fingerprint density at radius 2 is 2.00 bits per heavy atom. The van der Waals surface area contributed by atoms with Crippen LogP contribution < -0.4 is 4.72 Å². The number of hydrogen-bond donors (Lipinski definition) is 1. The van der Waals surface area contributed by atoms with Gasteiger partial charge in [0.2, 0.25) is 0 Å². The van der Waals surface area contributed by atoms with Crippen LogP contribution in [0.1, 0.15) is 60.7 Å². The maximum atomic E-state index is 12.1. The van der Waals surface area contributed by atoms with Gasteiger partial charge < -0.3 is 9.29 Å². The maximum Gasteiger partial charge on any atom is 0.136 e. The van der Waals surface area contributed by atoms with Gasteiger partial charge >= 0.3 is 0 Å². The van der Waals surface area contributed by atoms with E-state index in [1.807, 2.05) is 20.8 Å². The van der Waals surface area contributed by atoms with Crippen LogP contribution in [-0.2, 0) is 16.1 Å². The van der Waals surface area contributed by atoms with Gasteiger partial charge in [0, 0.05) is 18.0 Å². The second-order valence-electron chi connectivity index (χ2n) is 6.22. The maximum absolute atomic E-state index is 12.1. The molecule has 3 nitrogen and oxygen atoms in total. The van der Waals surface area contributed by atoms with Gasteiger partial charge in [0.05, 0.1) is 13.0 Å². The Bertz CT molecular complexity index is 290. The highest BCUT2D eigenvalue weighted by Gasteiger charge is 2.40. The highest BCUT2D eigenvalue weighted by molar-refractivity contribution is 7.90. The molecule has 0 aromatic carbocycles. The normalized spacial score (nSPS) is 41.5. The van der Waals surface area contributed by atoms with E-state index in [4.69, 9.17) is 6.11 Å². The molecule has 1 saturated heterocycles. The van der Waals surface area contributed by atoms with E-state index in [0.29, 0.717) is 0 Å². The molecular formula is C13H25NO2S. The summed E-state index contributed by atoms with van der Waals surface area (Å²) < 4.78 is 29.1. The molecule has 1 unspecified atom stereocenters. The molecule has 2 rings (SSSR count). The summed E-state index contributed by atoms with van der Waals surface area (Å²) in [5.41, 5.74) is 0.0372. The van der Waals surface area contributed by atoms with Gasteiger partial charge in [0.25, 0.3) is 0 Å². The Hall–Kier alpha value is 0.230. The summed E-state index contributed by atoms with van der Waals surface area (Å²) in [6.45, 7) is 6.67. The van der Waals surface area contributed by atoms with Gasteiger partial charge in [-0.1, -0.05) is 0 Å². The molecule has 1 saturated carbocycles. The molecule has 1 spiro atoms. The van der Waals surface area contributed by atoms with Gasteiger partial charge in [-0.3, -0.25) is 0 Å². The second kappa shape index (κ2) is 5.08. The molecule has 4 heteroatoms. The summed E-state index contributed by atoms with van der Waals surface area (Å²) in [5.74, 6) is 0. The zero-order valence-corrected chi connectivity index (χ0v) is 12.0. The molecule has 1 aliphatic heterocycles. The summed E-state index contributed by atoms with van der Waals surface area (Å²) in [7, 11) is 0. The lowest BCUT2D eigenvalue weighted by Crippen LogP contribution is -2.48. The summed E-state index contributed by atoms with van der Waals surface area (Å²) in [4.78, 5) is 0. The van der Waals surface area contributed by atoms with E-state index in [2.05, 4.69) is 4.72 Å². The van der Waals surface area contributed by atoms with Crippen LogP contribution in [-0.4, -0.2) is 27.5 Å². The lowest BCUT2D eigenvalue weighted by atomic mass is 9.81. The lowest BCUT2D eigenvalue weighted by molar-refractivity contribution is -0.0286. The van der Waals surface area contributed by atoms with E-state index >= 15 is 0 Å². The van der Waals surface area contributed by atoms with Crippen LogP contribution in [0.4, 0.5) is 0 Å². The minimum absolute atomic E-state index is 0.0372. The zero-order valence-electron chi connectivity index (χ0n) is 12.2. The van der Waals surface area contributed by atoms with Gasteiger partial charge in [-0.15, -0.1) is 4.72 Å². The summed E-state index contributed by atoms with van der Waals surface area (Å²) in [6, 6.07) is -0.741. The third-order valence-electron chi connectivity index (χ3n) is 3.74. The van der Waals surface area contributed by atoms with Crippen LogP contribution in [0.3, 0.4) is 0 Å². The van der Waals surface area contributed by atoms with Crippen LogP contribution >= 0.6 is 0 Å². The van der Waals surface area contributed by atoms with E-state index in [0.717, 1.165) is 45.1 Å². The molecule has 0 aromatic heterocycles. The molecule has 0 bridgehead atoms. The van der Waals surface area contributed by atoms with Crippen molar-refractivity contribution < 1.29 is 10.7 Å². The van der Waals surface area contributed by atoms with E-state index in [9.17, 15) is 4.55 Å². The molecule has 17 heavy (non-hydrogen) atoms. The minimum atomic E-state index is -1.17. The molecule has 0 radical (unpaired) electrons. The van der Waals surface area contributed by atoms with E-state index < -0.39 is 17.4 Å². The van der Waals surface area contributed by atoms with Crippen LogP contribution in [0, 0.1) is 0 Å². The van der Waals surface area contributed by atoms with Crippen molar-refractivity contribution in [2.24, 2.45) is 0 Å². The summed E-state index contributed by atoms with van der Waals surface area (Å²) in [6.07, 6.45) is 5.58. The van der Waals surface area contributed by atoms with Crippen molar-refractivity contribution in [2.45, 2.75) is 75.7 Å². The Balaban J connectivity index is 1.91. The molecule has 1 atom stereocenters. The van der Waals surface area contributed by atoms with Gasteiger partial charge in [-0.05, 0) is 59.3 Å². The Morgan fingerprint density at radius 3 is 2.47 bits per heavy atom. The van der Waals surface area contributed by atoms with Crippen molar-refractivity contribution in [1.29, 1.82) is 0 Å².